The quantitative estimate of drug-likeness (QED) is 0.275. The van der Waals surface area contributed by atoms with Gasteiger partial charge in [0.15, 0.2) is 0 Å². The third-order valence-electron chi connectivity index (χ3n) is 4.94. The van der Waals surface area contributed by atoms with E-state index in [9.17, 15) is 0 Å². The van der Waals surface area contributed by atoms with Crippen LogP contribution < -0.4 is 4.57 Å². The lowest BCUT2D eigenvalue weighted by Crippen LogP contribution is -2.31. The number of hydrogen-bond donors (Lipinski definition) is 3. The summed E-state index contributed by atoms with van der Waals surface area (Å²) in [5.41, 5.74) is 1.42. The number of aliphatic hydroxyl groups excluding tert-OH is 3. The largest absolute Gasteiger partial charge is 0.396 e. The first kappa shape index (κ1) is 23.1. The molecule has 0 spiro atoms. The van der Waals surface area contributed by atoms with E-state index < -0.39 is 0 Å². The predicted octanol–water partition coefficient (Wildman–Crippen LogP) is 2.98. The second-order valence-corrected chi connectivity index (χ2v) is 7.33. The minimum Gasteiger partial charge on any atom is -0.396 e. The molecule has 26 heavy (non-hydrogen) atoms. The average molecular weight is 370 g/mol. The Hall–Kier alpha value is -0.910. The van der Waals surface area contributed by atoms with Crippen LogP contribution in [-0.4, -0.2) is 39.7 Å². The first-order valence-corrected chi connectivity index (χ1v) is 10.7. The van der Waals surface area contributed by atoms with Crippen molar-refractivity contribution in [2.24, 2.45) is 0 Å². The lowest BCUT2D eigenvalue weighted by molar-refractivity contribution is -0.697. The molecule has 0 aliphatic carbocycles. The van der Waals surface area contributed by atoms with Gasteiger partial charge in [-0.05, 0) is 51.4 Å². The van der Waals surface area contributed by atoms with Gasteiger partial charge in [-0.15, -0.1) is 0 Å². The van der Waals surface area contributed by atoms with Gasteiger partial charge in [0, 0.05) is 26.2 Å². The van der Waals surface area contributed by atoms with Gasteiger partial charge in [-0.2, -0.15) is 0 Å². The Morgan fingerprint density at radius 1 is 0.654 bits per heavy atom. The summed E-state index contributed by atoms with van der Waals surface area (Å²) < 4.78 is 4.74. The van der Waals surface area contributed by atoms with Gasteiger partial charge in [-0.3, -0.25) is 0 Å². The van der Waals surface area contributed by atoms with Gasteiger partial charge in [0.2, 0.25) is 6.33 Å². The number of hydrogen-bond acceptors (Lipinski definition) is 3. The summed E-state index contributed by atoms with van der Waals surface area (Å²) in [6.07, 6.45) is 18.8. The van der Waals surface area contributed by atoms with Crippen LogP contribution in [0.25, 0.3) is 0 Å². The molecule has 1 aromatic heterocycles. The van der Waals surface area contributed by atoms with Gasteiger partial charge >= 0.3 is 0 Å². The van der Waals surface area contributed by atoms with Crippen LogP contribution in [0.5, 0.6) is 0 Å². The normalized spacial score (nSPS) is 11.3. The van der Waals surface area contributed by atoms with E-state index in [1.807, 2.05) is 0 Å². The lowest BCUT2D eigenvalue weighted by Gasteiger charge is -2.02. The number of imidazole rings is 1. The highest BCUT2D eigenvalue weighted by atomic mass is 16.3. The average Bonchev–Trinajstić information content (AvgIpc) is 3.03. The molecule has 1 aromatic rings. The lowest BCUT2D eigenvalue weighted by atomic mass is 10.1. The molecule has 0 bridgehead atoms. The van der Waals surface area contributed by atoms with Crippen molar-refractivity contribution in [3.8, 4) is 0 Å². The summed E-state index contributed by atoms with van der Waals surface area (Å²) in [6, 6.07) is 0. The highest BCUT2D eigenvalue weighted by Gasteiger charge is 2.13. The number of nitrogens with zero attached hydrogens (tertiary/aromatic N) is 2. The Balaban J connectivity index is 2.44. The van der Waals surface area contributed by atoms with Crippen LogP contribution in [0, 0.1) is 0 Å². The van der Waals surface area contributed by atoms with E-state index in [1.165, 1.54) is 44.2 Å². The Kier molecular flexibility index (Phi) is 14.5. The van der Waals surface area contributed by atoms with Crippen molar-refractivity contribution in [2.75, 3.05) is 19.8 Å². The molecule has 0 aliphatic heterocycles. The molecule has 0 amide bonds. The molecule has 0 unspecified atom stereocenters. The fraction of sp³-hybridized carbons (Fsp3) is 0.857. The maximum Gasteiger partial charge on any atom is 0.243 e. The Bertz CT molecular complexity index is 403. The van der Waals surface area contributed by atoms with Gasteiger partial charge in [0.1, 0.15) is 11.9 Å². The van der Waals surface area contributed by atoms with E-state index >= 15 is 0 Å². The topological polar surface area (TPSA) is 69.5 Å². The first-order valence-electron chi connectivity index (χ1n) is 10.7. The van der Waals surface area contributed by atoms with Crippen LogP contribution >= 0.6 is 0 Å². The Morgan fingerprint density at radius 2 is 1.19 bits per heavy atom. The zero-order valence-corrected chi connectivity index (χ0v) is 16.6. The van der Waals surface area contributed by atoms with Gasteiger partial charge in [-0.25, -0.2) is 9.13 Å². The minimum atomic E-state index is 0.304. The SMILES string of the molecule is OCCCCCCc1c[n+](CCCCCCO)cn1CCCCCCO. The molecule has 0 fully saturated rings. The van der Waals surface area contributed by atoms with Crippen LogP contribution in [0.2, 0.25) is 0 Å². The summed E-state index contributed by atoms with van der Waals surface area (Å²) in [4.78, 5) is 0. The molecule has 0 atom stereocenters. The Morgan fingerprint density at radius 3 is 1.81 bits per heavy atom. The van der Waals surface area contributed by atoms with Gasteiger partial charge in [0.25, 0.3) is 0 Å². The van der Waals surface area contributed by atoms with Gasteiger partial charge in [-0.1, -0.05) is 25.7 Å². The molecule has 152 valence electrons. The number of aliphatic hydroxyl groups is 3. The van der Waals surface area contributed by atoms with E-state index in [4.69, 9.17) is 15.3 Å². The fourth-order valence-electron chi connectivity index (χ4n) is 3.36. The van der Waals surface area contributed by atoms with Crippen LogP contribution in [-0.2, 0) is 19.5 Å². The first-order chi connectivity index (χ1) is 12.8. The third kappa shape index (κ3) is 10.9. The summed E-state index contributed by atoms with van der Waals surface area (Å²) in [5.74, 6) is 0. The van der Waals surface area contributed by atoms with E-state index in [0.717, 1.165) is 58.0 Å². The van der Waals surface area contributed by atoms with E-state index in [1.54, 1.807) is 0 Å². The minimum absolute atomic E-state index is 0.304. The van der Waals surface area contributed by atoms with Crippen LogP contribution in [0.4, 0.5) is 0 Å². The summed E-state index contributed by atoms with van der Waals surface area (Å²) in [7, 11) is 0. The predicted molar refractivity (Wildman–Crippen MR) is 105 cm³/mol. The van der Waals surface area contributed by atoms with Crippen molar-refractivity contribution in [3.63, 3.8) is 0 Å². The molecule has 3 N–H and O–H groups in total. The zero-order valence-electron chi connectivity index (χ0n) is 16.6. The summed E-state index contributed by atoms with van der Waals surface area (Å²) in [6.45, 7) is 3.04. The Labute approximate surface area is 159 Å². The molecule has 1 rings (SSSR count). The van der Waals surface area contributed by atoms with E-state index in [-0.39, 0.29) is 0 Å². The highest BCUT2D eigenvalue weighted by molar-refractivity contribution is 4.94. The highest BCUT2D eigenvalue weighted by Crippen LogP contribution is 2.10. The molecular weight excluding hydrogens is 328 g/mol. The van der Waals surface area contributed by atoms with Crippen molar-refractivity contribution >= 4 is 0 Å². The summed E-state index contributed by atoms with van der Waals surface area (Å²) in [5, 5.41) is 26.6. The molecule has 0 aliphatic rings. The van der Waals surface area contributed by atoms with E-state index in [0.29, 0.717) is 19.8 Å². The molecule has 5 heteroatoms. The monoisotopic (exact) mass is 369 g/mol. The van der Waals surface area contributed by atoms with Crippen molar-refractivity contribution in [1.29, 1.82) is 0 Å². The second-order valence-electron chi connectivity index (χ2n) is 7.33. The molecular formula is C21H41N2O3+. The number of aryl methyl sites for hydroxylation is 3. The second kappa shape index (κ2) is 16.3. The number of rotatable bonds is 18. The molecule has 0 saturated heterocycles. The summed E-state index contributed by atoms with van der Waals surface area (Å²) >= 11 is 0. The number of aromatic nitrogens is 2. The van der Waals surface area contributed by atoms with Gasteiger partial charge in [0.05, 0.1) is 13.1 Å². The van der Waals surface area contributed by atoms with Crippen molar-refractivity contribution in [1.82, 2.24) is 4.57 Å². The fourth-order valence-corrected chi connectivity index (χ4v) is 3.36. The maximum absolute atomic E-state index is 8.89. The zero-order chi connectivity index (χ0) is 18.9. The third-order valence-corrected chi connectivity index (χ3v) is 4.94. The number of unbranched alkanes of at least 4 members (excludes halogenated alkanes) is 9. The molecule has 0 saturated carbocycles. The van der Waals surface area contributed by atoms with Crippen molar-refractivity contribution < 1.29 is 19.9 Å². The van der Waals surface area contributed by atoms with Crippen LogP contribution in [0.1, 0.15) is 82.7 Å². The van der Waals surface area contributed by atoms with Crippen molar-refractivity contribution in [2.45, 2.75) is 96.6 Å². The van der Waals surface area contributed by atoms with Crippen LogP contribution in [0.15, 0.2) is 12.5 Å². The molecule has 5 nitrogen and oxygen atoms in total. The molecule has 1 heterocycles. The standard InChI is InChI=1S/C21H41N2O3/c24-16-10-4-1-7-13-21-19-22(14-8-2-5-11-17-25)20-23(21)15-9-3-6-12-18-26/h19-20,24-26H,1-18H2/q+1. The smallest absolute Gasteiger partial charge is 0.243 e. The molecule has 0 radical (unpaired) electrons. The molecule has 0 aromatic carbocycles. The maximum atomic E-state index is 8.89. The van der Waals surface area contributed by atoms with E-state index in [2.05, 4.69) is 21.7 Å². The van der Waals surface area contributed by atoms with Crippen LogP contribution in [0.3, 0.4) is 0 Å². The van der Waals surface area contributed by atoms with Gasteiger partial charge < -0.3 is 15.3 Å². The van der Waals surface area contributed by atoms with Crippen molar-refractivity contribution in [3.05, 3.63) is 18.2 Å².